The average Bonchev–Trinajstić information content (AvgIpc) is 3.05. The van der Waals surface area contributed by atoms with Gasteiger partial charge in [0.2, 0.25) is 11.8 Å². The summed E-state index contributed by atoms with van der Waals surface area (Å²) in [6, 6.07) is 7.46. The summed E-state index contributed by atoms with van der Waals surface area (Å²) in [4.78, 5) is 42.0. The number of nitrogens with one attached hydrogen (secondary N) is 1. The van der Waals surface area contributed by atoms with E-state index in [-0.39, 0.29) is 29.7 Å². The number of hydrogen-bond donors (Lipinski definition) is 1. The van der Waals surface area contributed by atoms with Gasteiger partial charge in [0.1, 0.15) is 5.75 Å². The maximum absolute atomic E-state index is 13.0. The van der Waals surface area contributed by atoms with E-state index in [1.165, 1.54) is 0 Å². The molecule has 1 aromatic rings. The molecule has 0 aromatic heterocycles. The Balaban J connectivity index is 1.37. The summed E-state index contributed by atoms with van der Waals surface area (Å²) in [5.41, 5.74) is 0.598. The fraction of sp³-hybridized carbons (Fsp3) is 0.667. The van der Waals surface area contributed by atoms with Gasteiger partial charge in [0, 0.05) is 32.6 Å². The van der Waals surface area contributed by atoms with Gasteiger partial charge in [-0.25, -0.2) is 0 Å². The van der Waals surface area contributed by atoms with Crippen LogP contribution in [-0.4, -0.2) is 66.9 Å². The highest BCUT2D eigenvalue weighted by Crippen LogP contribution is 2.37. The lowest BCUT2D eigenvalue weighted by atomic mass is 9.74. The zero-order chi connectivity index (χ0) is 23.8. The van der Waals surface area contributed by atoms with Crippen molar-refractivity contribution in [1.82, 2.24) is 15.1 Å². The highest BCUT2D eigenvalue weighted by molar-refractivity contribution is 5.96. The Labute approximate surface area is 203 Å². The number of nitrogens with zero attached hydrogens (tertiary/aromatic N) is 2. The van der Waals surface area contributed by atoms with Crippen LogP contribution in [0.15, 0.2) is 24.3 Å². The number of carbonyl (C=O) groups is 3. The van der Waals surface area contributed by atoms with Gasteiger partial charge in [0.15, 0.2) is 0 Å². The van der Waals surface area contributed by atoms with E-state index < -0.39 is 0 Å². The van der Waals surface area contributed by atoms with Crippen LogP contribution < -0.4 is 10.1 Å². The zero-order valence-corrected chi connectivity index (χ0v) is 20.4. The van der Waals surface area contributed by atoms with Crippen LogP contribution >= 0.6 is 0 Å². The highest BCUT2D eigenvalue weighted by atomic mass is 16.5. The number of rotatable bonds is 2. The van der Waals surface area contributed by atoms with Crippen LogP contribution in [0, 0.1) is 5.41 Å². The molecule has 7 heteroatoms. The smallest absolute Gasteiger partial charge is 0.255 e. The minimum atomic E-state index is -0.0904. The Bertz CT molecular complexity index is 863. The predicted molar refractivity (Wildman–Crippen MR) is 131 cm³/mol. The standard InChI is InChI=1S/C27H39N3O4/c31-24-12-4-3-8-16-30(24)20-25(32)29-17-14-27(15-18-29)13-7-1-2-9-19-34-23-11-6-5-10-22(23)26(33)28-21-27/h5-6,10-11H,1-4,7-9,12-21H2,(H,28,33). The molecule has 186 valence electrons. The van der Waals surface area contributed by atoms with E-state index in [0.29, 0.717) is 50.5 Å². The van der Waals surface area contributed by atoms with Crippen molar-refractivity contribution < 1.29 is 19.1 Å². The summed E-state index contributed by atoms with van der Waals surface area (Å²) in [5.74, 6) is 0.732. The van der Waals surface area contributed by atoms with Crippen LogP contribution in [-0.2, 0) is 9.59 Å². The van der Waals surface area contributed by atoms with Gasteiger partial charge >= 0.3 is 0 Å². The molecule has 1 N–H and O–H groups in total. The van der Waals surface area contributed by atoms with E-state index in [1.807, 2.05) is 29.2 Å². The van der Waals surface area contributed by atoms with Crippen molar-refractivity contribution >= 4 is 17.7 Å². The van der Waals surface area contributed by atoms with E-state index in [9.17, 15) is 14.4 Å². The molecule has 0 radical (unpaired) electrons. The second-order valence-corrected chi connectivity index (χ2v) is 10.2. The van der Waals surface area contributed by atoms with Crippen molar-refractivity contribution in [3.05, 3.63) is 29.8 Å². The largest absolute Gasteiger partial charge is 0.493 e. The number of piperidine rings is 1. The molecule has 2 saturated heterocycles. The van der Waals surface area contributed by atoms with Crippen LogP contribution in [0.4, 0.5) is 0 Å². The molecular weight excluding hydrogens is 430 g/mol. The molecule has 0 aliphatic carbocycles. The molecule has 4 rings (SSSR count). The summed E-state index contributed by atoms with van der Waals surface area (Å²) in [7, 11) is 0. The van der Waals surface area contributed by atoms with E-state index in [1.54, 1.807) is 4.90 Å². The minimum Gasteiger partial charge on any atom is -0.493 e. The average molecular weight is 470 g/mol. The number of amides is 3. The number of ether oxygens (including phenoxy) is 1. The quantitative estimate of drug-likeness (QED) is 0.715. The fourth-order valence-electron chi connectivity index (χ4n) is 5.50. The molecule has 3 amide bonds. The molecule has 1 aromatic carbocycles. The van der Waals surface area contributed by atoms with Crippen LogP contribution in [0.25, 0.3) is 0 Å². The second kappa shape index (κ2) is 11.7. The maximum atomic E-state index is 13.0. The van der Waals surface area contributed by atoms with Gasteiger partial charge in [0.25, 0.3) is 5.91 Å². The molecule has 0 bridgehead atoms. The first-order chi connectivity index (χ1) is 16.6. The second-order valence-electron chi connectivity index (χ2n) is 10.2. The van der Waals surface area contributed by atoms with Gasteiger partial charge in [0.05, 0.1) is 18.7 Å². The third kappa shape index (κ3) is 6.30. The van der Waals surface area contributed by atoms with Crippen molar-refractivity contribution in [1.29, 1.82) is 0 Å². The summed E-state index contributed by atoms with van der Waals surface area (Å²) < 4.78 is 5.89. The van der Waals surface area contributed by atoms with Crippen molar-refractivity contribution in [3.8, 4) is 5.75 Å². The normalized spacial score (nSPS) is 22.4. The first-order valence-corrected chi connectivity index (χ1v) is 13.1. The van der Waals surface area contributed by atoms with Crippen LogP contribution in [0.5, 0.6) is 5.75 Å². The van der Waals surface area contributed by atoms with E-state index in [0.717, 1.165) is 64.2 Å². The summed E-state index contributed by atoms with van der Waals surface area (Å²) in [5, 5.41) is 3.18. The first-order valence-electron chi connectivity index (χ1n) is 13.1. The maximum Gasteiger partial charge on any atom is 0.255 e. The van der Waals surface area contributed by atoms with Crippen LogP contribution in [0.2, 0.25) is 0 Å². The molecule has 1 spiro atoms. The Morgan fingerprint density at radius 1 is 0.912 bits per heavy atom. The summed E-state index contributed by atoms with van der Waals surface area (Å²) >= 11 is 0. The molecule has 0 saturated carbocycles. The Morgan fingerprint density at radius 2 is 1.68 bits per heavy atom. The SMILES string of the molecule is O=C1NCC2(CCCCCCOc3ccccc31)CCN(C(=O)CN1CCCCCC1=O)CC2. The van der Waals surface area contributed by atoms with Gasteiger partial charge in [-0.15, -0.1) is 0 Å². The van der Waals surface area contributed by atoms with E-state index in [2.05, 4.69) is 5.32 Å². The number of hydrogen-bond acceptors (Lipinski definition) is 4. The van der Waals surface area contributed by atoms with Gasteiger partial charge in [-0.05, 0) is 56.1 Å². The zero-order valence-electron chi connectivity index (χ0n) is 20.4. The molecule has 3 heterocycles. The lowest BCUT2D eigenvalue weighted by Crippen LogP contribution is -2.50. The summed E-state index contributed by atoms with van der Waals surface area (Å²) in [6.07, 6.45) is 10.7. The van der Waals surface area contributed by atoms with Crippen molar-refractivity contribution in [2.45, 2.75) is 70.6 Å². The van der Waals surface area contributed by atoms with Crippen LogP contribution in [0.3, 0.4) is 0 Å². The minimum absolute atomic E-state index is 0.00865. The predicted octanol–water partition coefficient (Wildman–Crippen LogP) is 3.77. The first kappa shape index (κ1) is 24.6. The van der Waals surface area contributed by atoms with Crippen molar-refractivity contribution in [2.75, 3.05) is 39.3 Å². The van der Waals surface area contributed by atoms with Crippen molar-refractivity contribution in [2.24, 2.45) is 5.41 Å². The Morgan fingerprint density at radius 3 is 2.53 bits per heavy atom. The van der Waals surface area contributed by atoms with E-state index in [4.69, 9.17) is 4.74 Å². The lowest BCUT2D eigenvalue weighted by Gasteiger charge is -2.42. The summed E-state index contributed by atoms with van der Waals surface area (Å²) in [6.45, 7) is 3.53. The topological polar surface area (TPSA) is 79.0 Å². The number of likely N-dealkylation sites (tertiary alicyclic amines) is 2. The monoisotopic (exact) mass is 469 g/mol. The molecule has 3 aliphatic rings. The van der Waals surface area contributed by atoms with Crippen LogP contribution in [0.1, 0.15) is 81.0 Å². The third-order valence-electron chi connectivity index (χ3n) is 7.79. The highest BCUT2D eigenvalue weighted by Gasteiger charge is 2.36. The Kier molecular flexibility index (Phi) is 8.46. The molecule has 2 fully saturated rings. The molecular formula is C27H39N3O4. The van der Waals surface area contributed by atoms with Gasteiger partial charge < -0.3 is 19.9 Å². The molecule has 34 heavy (non-hydrogen) atoms. The van der Waals surface area contributed by atoms with Gasteiger partial charge in [-0.1, -0.05) is 37.8 Å². The molecule has 0 atom stereocenters. The number of fused-ring (bicyclic) bond motifs is 1. The molecule has 7 nitrogen and oxygen atoms in total. The number of carbonyl (C=O) groups excluding carboxylic acids is 3. The van der Waals surface area contributed by atoms with E-state index >= 15 is 0 Å². The third-order valence-corrected chi connectivity index (χ3v) is 7.79. The lowest BCUT2D eigenvalue weighted by molar-refractivity contribution is -0.141. The van der Waals surface area contributed by atoms with Gasteiger partial charge in [-0.3, -0.25) is 14.4 Å². The fourth-order valence-corrected chi connectivity index (χ4v) is 5.50. The molecule has 3 aliphatic heterocycles. The Hall–Kier alpha value is -2.57. The molecule has 0 unspecified atom stereocenters. The number of para-hydroxylation sites is 1. The number of benzene rings is 1. The van der Waals surface area contributed by atoms with Gasteiger partial charge in [-0.2, -0.15) is 0 Å². The van der Waals surface area contributed by atoms with Crippen molar-refractivity contribution in [3.63, 3.8) is 0 Å².